The maximum absolute atomic E-state index is 13.2. The van der Waals surface area contributed by atoms with Gasteiger partial charge in [0.2, 0.25) is 0 Å². The van der Waals surface area contributed by atoms with Crippen LogP contribution in [-0.4, -0.2) is 59.0 Å². The molecule has 0 saturated carbocycles. The molecule has 5 rings (SSSR count). The number of pyridine rings is 3. The van der Waals surface area contributed by atoms with Gasteiger partial charge in [-0.05, 0) is 73.9 Å². The number of carbonyl (C=O) groups is 1. The van der Waals surface area contributed by atoms with Crippen LogP contribution in [0.3, 0.4) is 0 Å². The third-order valence-electron chi connectivity index (χ3n) is 7.12. The lowest BCUT2D eigenvalue weighted by atomic mass is 10.0. The number of aromatic nitrogens is 3. The van der Waals surface area contributed by atoms with Crippen molar-refractivity contribution in [3.8, 4) is 11.3 Å². The van der Waals surface area contributed by atoms with Gasteiger partial charge >= 0.3 is 6.18 Å². The largest absolute Gasteiger partial charge is 0.416 e. The molecule has 3 aromatic heterocycles. The van der Waals surface area contributed by atoms with E-state index in [1.54, 1.807) is 12.3 Å². The van der Waals surface area contributed by atoms with E-state index in [1.807, 2.05) is 73.3 Å². The minimum Gasteiger partial charge on any atom is -0.377 e. The molecule has 2 N–H and O–H groups in total. The summed E-state index contributed by atoms with van der Waals surface area (Å²) in [5.74, 6) is 1.21. The molecule has 0 spiro atoms. The number of hydrogen-bond donors (Lipinski definition) is 2. The standard InChI is InChI=1S/C31H32F3N7O/c1-20-16-25(38-29(17-20)39-28-18-22(10-13-35-28)31(32,33)34)21-8-9-27(36-19-21)37-23-11-14-41(15-12-23)30(42)24-6-4-5-7-26(24)40(2)3/h4-10,13,16-19,23H,11-12,14-15H2,1-3H3,(H,36,37)(H,35,38,39). The summed E-state index contributed by atoms with van der Waals surface area (Å²) in [7, 11) is 3.87. The van der Waals surface area contributed by atoms with Crippen LogP contribution in [0.25, 0.3) is 11.3 Å². The molecule has 4 heterocycles. The van der Waals surface area contributed by atoms with E-state index >= 15 is 0 Å². The monoisotopic (exact) mass is 575 g/mol. The molecule has 1 saturated heterocycles. The topological polar surface area (TPSA) is 86.3 Å². The normalized spacial score (nSPS) is 14.0. The number of likely N-dealkylation sites (tertiary alicyclic amines) is 1. The molecule has 4 aromatic rings. The number of halogens is 3. The fraction of sp³-hybridized carbons (Fsp3) is 0.290. The SMILES string of the molecule is Cc1cc(Nc2cc(C(F)(F)F)ccn2)nc(-c2ccc(NC3CCN(C(=O)c4ccccc4N(C)C)CC3)nc2)c1. The van der Waals surface area contributed by atoms with Crippen LogP contribution in [-0.2, 0) is 6.18 Å². The molecule has 0 bridgehead atoms. The number of hydrogen-bond acceptors (Lipinski definition) is 7. The van der Waals surface area contributed by atoms with Gasteiger partial charge in [-0.2, -0.15) is 13.2 Å². The van der Waals surface area contributed by atoms with Gasteiger partial charge in [-0.1, -0.05) is 12.1 Å². The number of rotatable bonds is 7. The molecule has 11 heteroatoms. The number of nitrogens with one attached hydrogen (secondary N) is 2. The average Bonchev–Trinajstić information content (AvgIpc) is 2.97. The fourth-order valence-electron chi connectivity index (χ4n) is 4.97. The Balaban J connectivity index is 1.21. The summed E-state index contributed by atoms with van der Waals surface area (Å²) in [5.41, 5.74) is 3.11. The molecule has 1 aromatic carbocycles. The minimum absolute atomic E-state index is 0.0450. The Bertz CT molecular complexity index is 1550. The van der Waals surface area contributed by atoms with E-state index in [9.17, 15) is 18.0 Å². The predicted molar refractivity (Wildman–Crippen MR) is 158 cm³/mol. The lowest BCUT2D eigenvalue weighted by Crippen LogP contribution is -2.42. The van der Waals surface area contributed by atoms with E-state index < -0.39 is 11.7 Å². The first-order valence-electron chi connectivity index (χ1n) is 13.6. The van der Waals surface area contributed by atoms with Crippen molar-refractivity contribution in [3.63, 3.8) is 0 Å². The maximum atomic E-state index is 13.2. The minimum atomic E-state index is -4.46. The zero-order chi connectivity index (χ0) is 29.9. The van der Waals surface area contributed by atoms with Gasteiger partial charge in [0.1, 0.15) is 17.5 Å². The van der Waals surface area contributed by atoms with Crippen LogP contribution < -0.4 is 15.5 Å². The molecule has 0 aliphatic carbocycles. The van der Waals surface area contributed by atoms with E-state index in [0.29, 0.717) is 30.2 Å². The van der Waals surface area contributed by atoms with Crippen LogP contribution in [0, 0.1) is 6.92 Å². The molecular formula is C31H32F3N7O. The molecular weight excluding hydrogens is 543 g/mol. The first kappa shape index (κ1) is 28.8. The predicted octanol–water partition coefficient (Wildman–Crippen LogP) is 6.39. The Morgan fingerprint density at radius 2 is 1.71 bits per heavy atom. The van der Waals surface area contributed by atoms with E-state index in [0.717, 1.165) is 53.8 Å². The summed E-state index contributed by atoms with van der Waals surface area (Å²) in [6, 6.07) is 17.1. The highest BCUT2D eigenvalue weighted by atomic mass is 19.4. The second kappa shape index (κ2) is 12.1. The number of piperidine rings is 1. The highest BCUT2D eigenvalue weighted by Gasteiger charge is 2.31. The molecule has 8 nitrogen and oxygen atoms in total. The van der Waals surface area contributed by atoms with Gasteiger partial charge in [0.25, 0.3) is 5.91 Å². The van der Waals surface area contributed by atoms with Gasteiger partial charge in [0.15, 0.2) is 0 Å². The maximum Gasteiger partial charge on any atom is 0.416 e. The van der Waals surface area contributed by atoms with Crippen molar-refractivity contribution in [2.24, 2.45) is 0 Å². The number of amides is 1. The molecule has 0 radical (unpaired) electrons. The Morgan fingerprint density at radius 3 is 2.40 bits per heavy atom. The fourth-order valence-corrected chi connectivity index (χ4v) is 4.97. The lowest BCUT2D eigenvalue weighted by Gasteiger charge is -2.33. The van der Waals surface area contributed by atoms with Gasteiger partial charge in [-0.3, -0.25) is 4.79 Å². The number of carbonyl (C=O) groups excluding carboxylic acids is 1. The highest BCUT2D eigenvalue weighted by molar-refractivity contribution is 5.99. The van der Waals surface area contributed by atoms with Crippen LogP contribution in [0.15, 0.2) is 73.1 Å². The summed E-state index contributed by atoms with van der Waals surface area (Å²) < 4.78 is 39.3. The van der Waals surface area contributed by atoms with Crippen molar-refractivity contribution >= 4 is 29.0 Å². The van der Waals surface area contributed by atoms with Gasteiger partial charge < -0.3 is 20.4 Å². The van der Waals surface area contributed by atoms with Gasteiger partial charge in [0, 0.05) is 56.9 Å². The first-order valence-corrected chi connectivity index (χ1v) is 13.6. The van der Waals surface area contributed by atoms with Crippen molar-refractivity contribution in [2.75, 3.05) is 42.7 Å². The summed E-state index contributed by atoms with van der Waals surface area (Å²) in [6.45, 7) is 3.19. The van der Waals surface area contributed by atoms with Crippen LogP contribution >= 0.6 is 0 Å². The number of anilines is 4. The van der Waals surface area contributed by atoms with Gasteiger partial charge in [-0.15, -0.1) is 0 Å². The lowest BCUT2D eigenvalue weighted by molar-refractivity contribution is -0.137. The summed E-state index contributed by atoms with van der Waals surface area (Å²) >= 11 is 0. The van der Waals surface area contributed by atoms with Crippen LogP contribution in [0.5, 0.6) is 0 Å². The molecule has 0 atom stereocenters. The van der Waals surface area contributed by atoms with Crippen LogP contribution in [0.1, 0.15) is 34.3 Å². The number of nitrogens with zero attached hydrogens (tertiary/aromatic N) is 5. The number of alkyl halides is 3. The molecule has 0 unspecified atom stereocenters. The molecule has 218 valence electrons. The zero-order valence-corrected chi connectivity index (χ0v) is 23.6. The molecule has 1 fully saturated rings. The van der Waals surface area contributed by atoms with E-state index in [-0.39, 0.29) is 17.8 Å². The summed E-state index contributed by atoms with van der Waals surface area (Å²) in [5, 5.41) is 6.35. The number of aryl methyl sites for hydroxylation is 1. The summed E-state index contributed by atoms with van der Waals surface area (Å²) in [4.78, 5) is 30.2. The highest BCUT2D eigenvalue weighted by Crippen LogP contribution is 2.31. The van der Waals surface area contributed by atoms with E-state index in [2.05, 4.69) is 25.6 Å². The second-order valence-corrected chi connectivity index (χ2v) is 10.5. The average molecular weight is 576 g/mol. The van der Waals surface area contributed by atoms with Crippen molar-refractivity contribution in [1.82, 2.24) is 19.9 Å². The van der Waals surface area contributed by atoms with Crippen molar-refractivity contribution < 1.29 is 18.0 Å². The van der Waals surface area contributed by atoms with Crippen molar-refractivity contribution in [2.45, 2.75) is 32.0 Å². The van der Waals surface area contributed by atoms with Gasteiger partial charge in [0.05, 0.1) is 16.8 Å². The molecule has 1 amide bonds. The molecule has 42 heavy (non-hydrogen) atoms. The van der Waals surface area contributed by atoms with Crippen molar-refractivity contribution in [1.29, 1.82) is 0 Å². The second-order valence-electron chi connectivity index (χ2n) is 10.5. The first-order chi connectivity index (χ1) is 20.1. The van der Waals surface area contributed by atoms with Crippen molar-refractivity contribution in [3.05, 3.63) is 89.7 Å². The van der Waals surface area contributed by atoms with Crippen LogP contribution in [0.4, 0.5) is 36.3 Å². The summed E-state index contributed by atoms with van der Waals surface area (Å²) in [6.07, 6.45) is -0.0238. The Morgan fingerprint density at radius 1 is 0.952 bits per heavy atom. The Kier molecular flexibility index (Phi) is 8.28. The molecule has 1 aliphatic heterocycles. The number of benzene rings is 1. The Labute approximate surface area is 242 Å². The van der Waals surface area contributed by atoms with E-state index in [1.165, 1.54) is 0 Å². The zero-order valence-electron chi connectivity index (χ0n) is 23.6. The molecule has 1 aliphatic rings. The third-order valence-corrected chi connectivity index (χ3v) is 7.12. The number of para-hydroxylation sites is 1. The van der Waals surface area contributed by atoms with Gasteiger partial charge in [-0.25, -0.2) is 15.0 Å². The quantitative estimate of drug-likeness (QED) is 0.264. The Hall–Kier alpha value is -4.67. The van der Waals surface area contributed by atoms with Crippen LogP contribution in [0.2, 0.25) is 0 Å². The van der Waals surface area contributed by atoms with E-state index in [4.69, 9.17) is 0 Å². The smallest absolute Gasteiger partial charge is 0.377 e. The third kappa shape index (κ3) is 6.79.